The van der Waals surface area contributed by atoms with Crippen molar-refractivity contribution in [2.24, 2.45) is 0 Å². The number of nitrogens with zero attached hydrogens (tertiary/aromatic N) is 3. The van der Waals surface area contributed by atoms with Crippen molar-refractivity contribution in [1.29, 1.82) is 0 Å². The quantitative estimate of drug-likeness (QED) is 0.217. The van der Waals surface area contributed by atoms with E-state index in [1.807, 2.05) is 38.1 Å². The summed E-state index contributed by atoms with van der Waals surface area (Å²) in [5.74, 6) is 0.958. The average molecular weight is 535 g/mol. The highest BCUT2D eigenvalue weighted by atomic mass is 16.5. The lowest BCUT2D eigenvalue weighted by Crippen LogP contribution is -2.11. The third kappa shape index (κ3) is 4.99. The Morgan fingerprint density at radius 1 is 1.02 bits per heavy atom. The van der Waals surface area contributed by atoms with Gasteiger partial charge in [0.15, 0.2) is 0 Å². The van der Waals surface area contributed by atoms with Crippen LogP contribution in [0.3, 0.4) is 0 Å². The number of benzene rings is 3. The van der Waals surface area contributed by atoms with Crippen LogP contribution in [0.25, 0.3) is 32.8 Å². The molecule has 0 radical (unpaired) electrons. The van der Waals surface area contributed by atoms with Gasteiger partial charge in [0.25, 0.3) is 0 Å². The van der Waals surface area contributed by atoms with Gasteiger partial charge in [0.05, 0.1) is 24.6 Å². The molecular formula is C33H34N4O3. The summed E-state index contributed by atoms with van der Waals surface area (Å²) in [5.41, 5.74) is 12.2. The smallest absolute Gasteiger partial charge is 0.310 e. The molecule has 0 bridgehead atoms. The largest absolute Gasteiger partial charge is 0.487 e. The van der Waals surface area contributed by atoms with Crippen LogP contribution >= 0.6 is 0 Å². The van der Waals surface area contributed by atoms with Crippen molar-refractivity contribution in [2.45, 2.75) is 58.6 Å². The Balaban J connectivity index is 1.38. The molecule has 0 saturated heterocycles. The predicted octanol–water partition coefficient (Wildman–Crippen LogP) is 6.94. The van der Waals surface area contributed by atoms with E-state index in [4.69, 9.17) is 20.3 Å². The fraction of sp³-hybridized carbons (Fsp3) is 0.303. The van der Waals surface area contributed by atoms with Gasteiger partial charge in [-0.3, -0.25) is 9.48 Å². The number of anilines is 1. The minimum Gasteiger partial charge on any atom is -0.487 e. The molecule has 40 heavy (non-hydrogen) atoms. The monoisotopic (exact) mass is 534 g/mol. The van der Waals surface area contributed by atoms with Gasteiger partial charge in [0.1, 0.15) is 23.9 Å². The summed E-state index contributed by atoms with van der Waals surface area (Å²) in [6, 6.07) is 21.1. The Labute approximate surface area is 233 Å². The lowest BCUT2D eigenvalue weighted by atomic mass is 10.00. The van der Waals surface area contributed by atoms with Gasteiger partial charge in [0, 0.05) is 22.5 Å². The number of carbonyl (C=O) groups is 1. The molecule has 0 spiro atoms. The van der Waals surface area contributed by atoms with Crippen molar-refractivity contribution in [2.75, 3.05) is 12.3 Å². The molecule has 1 aliphatic rings. The first-order chi connectivity index (χ1) is 19.5. The minimum atomic E-state index is -0.256. The maximum atomic E-state index is 12.3. The molecule has 7 nitrogen and oxygen atoms in total. The number of aromatic nitrogens is 3. The topological polar surface area (TPSA) is 92.3 Å². The number of aryl methyl sites for hydroxylation is 1. The van der Waals surface area contributed by atoms with Crippen LogP contribution in [-0.4, -0.2) is 27.3 Å². The summed E-state index contributed by atoms with van der Waals surface area (Å²) in [4.78, 5) is 16.6. The summed E-state index contributed by atoms with van der Waals surface area (Å²) >= 11 is 0. The molecule has 2 aromatic heterocycles. The SMILES string of the molecule is CCOC(=O)Cc1c(C)cccc1OCc1nn(C2CCCC2)c2ccc(-c3ccc4ccnc(N)c4c3)cc12. The van der Waals surface area contributed by atoms with Gasteiger partial charge in [-0.2, -0.15) is 5.10 Å². The van der Waals surface area contributed by atoms with Gasteiger partial charge in [0.2, 0.25) is 0 Å². The predicted molar refractivity (Wildman–Crippen MR) is 158 cm³/mol. The standard InChI is InChI=1S/C33H34N4O3/c1-3-39-32(38)19-26-21(2)7-6-10-31(26)40-20-29-28-18-24(13-14-30(28)37(36-29)25-8-4-5-9-25)23-12-11-22-15-16-35-33(34)27(22)17-23/h6-7,10-18,25H,3-5,8-9,19-20H2,1-2H3,(H2,34,35). The van der Waals surface area contributed by atoms with Crippen LogP contribution in [-0.2, 0) is 22.6 Å². The van der Waals surface area contributed by atoms with Crippen LogP contribution < -0.4 is 10.5 Å². The lowest BCUT2D eigenvalue weighted by Gasteiger charge is -2.13. The van der Waals surface area contributed by atoms with Crippen molar-refractivity contribution in [3.8, 4) is 16.9 Å². The molecule has 1 saturated carbocycles. The van der Waals surface area contributed by atoms with Crippen LogP contribution in [0, 0.1) is 6.92 Å². The summed E-state index contributed by atoms with van der Waals surface area (Å²) < 4.78 is 13.8. The third-order valence-electron chi connectivity index (χ3n) is 7.94. The number of carbonyl (C=O) groups excluding carboxylic acids is 1. The van der Waals surface area contributed by atoms with Crippen molar-refractivity contribution in [1.82, 2.24) is 14.8 Å². The Bertz CT molecular complexity index is 1700. The summed E-state index contributed by atoms with van der Waals surface area (Å²) in [6.07, 6.45) is 6.64. The first kappa shape index (κ1) is 25.9. The first-order valence-corrected chi connectivity index (χ1v) is 14.0. The van der Waals surface area contributed by atoms with Crippen molar-refractivity contribution in [3.05, 3.63) is 83.7 Å². The molecule has 6 rings (SSSR count). The number of esters is 1. The molecule has 2 heterocycles. The molecule has 0 atom stereocenters. The number of nitrogens with two attached hydrogens (primary N) is 1. The van der Waals surface area contributed by atoms with Crippen molar-refractivity contribution in [3.63, 3.8) is 0 Å². The van der Waals surface area contributed by atoms with Gasteiger partial charge in [-0.15, -0.1) is 0 Å². The Hall–Kier alpha value is -4.39. The van der Waals surface area contributed by atoms with E-state index in [0.29, 0.717) is 30.8 Å². The number of hydrogen-bond acceptors (Lipinski definition) is 6. The second-order valence-corrected chi connectivity index (χ2v) is 10.5. The van der Waals surface area contributed by atoms with E-state index in [1.54, 1.807) is 6.20 Å². The number of nitrogen functional groups attached to an aromatic ring is 1. The van der Waals surface area contributed by atoms with Crippen LogP contribution in [0.4, 0.5) is 5.82 Å². The van der Waals surface area contributed by atoms with E-state index < -0.39 is 0 Å². The maximum absolute atomic E-state index is 12.3. The zero-order valence-corrected chi connectivity index (χ0v) is 23.0. The normalized spacial score (nSPS) is 13.8. The molecule has 204 valence electrons. The third-order valence-corrected chi connectivity index (χ3v) is 7.94. The fourth-order valence-corrected chi connectivity index (χ4v) is 5.83. The fourth-order valence-electron chi connectivity index (χ4n) is 5.83. The molecule has 5 aromatic rings. The molecule has 7 heteroatoms. The van der Waals surface area contributed by atoms with Crippen LogP contribution in [0.5, 0.6) is 5.75 Å². The first-order valence-electron chi connectivity index (χ1n) is 14.0. The Morgan fingerprint density at radius 2 is 1.80 bits per heavy atom. The van der Waals surface area contributed by atoms with Crippen LogP contribution in [0.2, 0.25) is 0 Å². The second-order valence-electron chi connectivity index (χ2n) is 10.5. The molecular weight excluding hydrogens is 500 g/mol. The molecule has 2 N–H and O–H groups in total. The zero-order valence-electron chi connectivity index (χ0n) is 23.0. The maximum Gasteiger partial charge on any atom is 0.310 e. The number of pyridine rings is 1. The Morgan fingerprint density at radius 3 is 2.60 bits per heavy atom. The second kappa shape index (κ2) is 11.0. The van der Waals surface area contributed by atoms with Crippen molar-refractivity contribution < 1.29 is 14.3 Å². The summed E-state index contributed by atoms with van der Waals surface area (Å²) in [7, 11) is 0. The van der Waals surface area contributed by atoms with Crippen LogP contribution in [0.15, 0.2) is 66.9 Å². The van der Waals surface area contributed by atoms with Crippen LogP contribution in [0.1, 0.15) is 55.5 Å². The Kier molecular flexibility index (Phi) is 7.11. The molecule has 3 aromatic carbocycles. The number of fused-ring (bicyclic) bond motifs is 2. The highest BCUT2D eigenvalue weighted by Crippen LogP contribution is 2.36. The van der Waals surface area contributed by atoms with Gasteiger partial charge < -0.3 is 15.2 Å². The van der Waals surface area contributed by atoms with Gasteiger partial charge >= 0.3 is 5.97 Å². The van der Waals surface area contributed by atoms with E-state index in [9.17, 15) is 4.79 Å². The molecule has 0 unspecified atom stereocenters. The van der Waals surface area contributed by atoms with E-state index >= 15 is 0 Å². The zero-order chi connectivity index (χ0) is 27.6. The minimum absolute atomic E-state index is 0.178. The summed E-state index contributed by atoms with van der Waals surface area (Å²) in [6.45, 7) is 4.46. The van der Waals surface area contributed by atoms with E-state index in [0.717, 1.165) is 62.5 Å². The number of ether oxygens (including phenoxy) is 2. The van der Waals surface area contributed by atoms with E-state index in [1.165, 1.54) is 12.8 Å². The van der Waals surface area contributed by atoms with E-state index in [-0.39, 0.29) is 12.4 Å². The van der Waals surface area contributed by atoms with E-state index in [2.05, 4.69) is 46.1 Å². The molecule has 1 aliphatic carbocycles. The molecule has 0 amide bonds. The highest BCUT2D eigenvalue weighted by molar-refractivity contribution is 5.95. The molecule has 0 aliphatic heterocycles. The average Bonchev–Trinajstić information content (AvgIpc) is 3.62. The summed E-state index contributed by atoms with van der Waals surface area (Å²) in [5, 5.41) is 8.18. The number of hydrogen-bond donors (Lipinski definition) is 1. The lowest BCUT2D eigenvalue weighted by molar-refractivity contribution is -0.142. The molecule has 1 fully saturated rings. The van der Waals surface area contributed by atoms with Gasteiger partial charge in [-0.25, -0.2) is 4.98 Å². The highest BCUT2D eigenvalue weighted by Gasteiger charge is 2.23. The van der Waals surface area contributed by atoms with Gasteiger partial charge in [-0.1, -0.05) is 43.2 Å². The van der Waals surface area contributed by atoms with Crippen molar-refractivity contribution >= 4 is 33.5 Å². The van der Waals surface area contributed by atoms with Gasteiger partial charge in [-0.05, 0) is 79.1 Å². The number of rotatable bonds is 8.